The van der Waals surface area contributed by atoms with Gasteiger partial charge in [-0.15, -0.1) is 0 Å². The van der Waals surface area contributed by atoms with E-state index >= 15 is 0 Å². The van der Waals surface area contributed by atoms with Crippen molar-refractivity contribution in [2.24, 2.45) is 0 Å². The number of rotatable bonds is 10. The summed E-state index contributed by atoms with van der Waals surface area (Å²) in [7, 11) is 4.29. The summed E-state index contributed by atoms with van der Waals surface area (Å²) in [6.07, 6.45) is 0. The normalized spacial score (nSPS) is 13.6. The SMILES string of the molecule is Cc1cccc(C)c1OCC(C)N(C)CN(C)C(C)COc1c(C)cccc1C. The molecule has 0 aliphatic rings. The molecule has 0 amide bonds. The van der Waals surface area contributed by atoms with Crippen LogP contribution in [0.3, 0.4) is 0 Å². The van der Waals surface area contributed by atoms with Crippen molar-refractivity contribution < 1.29 is 9.47 Å². The van der Waals surface area contributed by atoms with E-state index in [0.717, 1.165) is 18.2 Å². The third-order valence-corrected chi connectivity index (χ3v) is 5.71. The molecular formula is C25H38N2O2. The molecule has 2 unspecified atom stereocenters. The number of benzene rings is 2. The Labute approximate surface area is 177 Å². The largest absolute Gasteiger partial charge is 0.491 e. The molecule has 0 heterocycles. The van der Waals surface area contributed by atoms with E-state index in [9.17, 15) is 0 Å². The average Bonchev–Trinajstić information content (AvgIpc) is 2.66. The second-order valence-electron chi connectivity index (χ2n) is 8.42. The molecule has 2 rings (SSSR count). The van der Waals surface area contributed by atoms with Crippen molar-refractivity contribution in [1.29, 1.82) is 0 Å². The first kappa shape index (κ1) is 23.2. The van der Waals surface area contributed by atoms with Crippen LogP contribution in [0, 0.1) is 27.7 Å². The highest BCUT2D eigenvalue weighted by molar-refractivity contribution is 5.40. The van der Waals surface area contributed by atoms with Gasteiger partial charge in [-0.3, -0.25) is 9.80 Å². The first-order valence-electron chi connectivity index (χ1n) is 10.5. The minimum absolute atomic E-state index is 0.309. The summed E-state index contributed by atoms with van der Waals surface area (Å²) in [5.74, 6) is 2.02. The molecule has 2 aromatic rings. The lowest BCUT2D eigenvalue weighted by molar-refractivity contribution is 0.0750. The summed E-state index contributed by atoms with van der Waals surface area (Å²) in [6, 6.07) is 13.2. The first-order valence-corrected chi connectivity index (χ1v) is 10.5. The van der Waals surface area contributed by atoms with Gasteiger partial charge in [0.05, 0.1) is 6.67 Å². The summed E-state index contributed by atoms with van der Waals surface area (Å²) < 4.78 is 12.3. The summed E-state index contributed by atoms with van der Waals surface area (Å²) in [5.41, 5.74) is 4.76. The van der Waals surface area contributed by atoms with Gasteiger partial charge in [0.25, 0.3) is 0 Å². The van der Waals surface area contributed by atoms with Crippen LogP contribution in [-0.2, 0) is 0 Å². The van der Waals surface area contributed by atoms with Crippen molar-refractivity contribution in [1.82, 2.24) is 9.80 Å². The second-order valence-corrected chi connectivity index (χ2v) is 8.42. The molecular weight excluding hydrogens is 360 g/mol. The van der Waals surface area contributed by atoms with Crippen molar-refractivity contribution in [2.75, 3.05) is 34.0 Å². The van der Waals surface area contributed by atoms with Gasteiger partial charge in [0.2, 0.25) is 0 Å². The van der Waals surface area contributed by atoms with Crippen LogP contribution in [0.15, 0.2) is 36.4 Å². The maximum atomic E-state index is 6.14. The minimum atomic E-state index is 0.309. The Bertz CT molecular complexity index is 684. The molecule has 0 aliphatic heterocycles. The third-order valence-electron chi connectivity index (χ3n) is 5.71. The van der Waals surface area contributed by atoms with Crippen LogP contribution in [0.2, 0.25) is 0 Å². The van der Waals surface area contributed by atoms with Crippen LogP contribution in [0.4, 0.5) is 0 Å². The number of para-hydroxylation sites is 2. The van der Waals surface area contributed by atoms with Crippen LogP contribution >= 0.6 is 0 Å². The van der Waals surface area contributed by atoms with Gasteiger partial charge in [0.1, 0.15) is 24.7 Å². The molecule has 2 aromatic carbocycles. The number of hydrogen-bond donors (Lipinski definition) is 0. The Morgan fingerprint density at radius 2 is 0.966 bits per heavy atom. The van der Waals surface area contributed by atoms with Gasteiger partial charge in [-0.1, -0.05) is 36.4 Å². The van der Waals surface area contributed by atoms with E-state index in [1.165, 1.54) is 22.3 Å². The number of nitrogens with zero attached hydrogens (tertiary/aromatic N) is 2. The van der Waals surface area contributed by atoms with Crippen molar-refractivity contribution in [2.45, 2.75) is 53.6 Å². The van der Waals surface area contributed by atoms with Crippen LogP contribution < -0.4 is 9.47 Å². The van der Waals surface area contributed by atoms with E-state index in [-0.39, 0.29) is 0 Å². The highest BCUT2D eigenvalue weighted by atomic mass is 16.5. The van der Waals surface area contributed by atoms with Gasteiger partial charge in [-0.05, 0) is 77.9 Å². The molecule has 0 fully saturated rings. The standard InChI is InChI=1S/C25H38N2O2/c1-18-11-9-12-19(2)24(18)28-15-22(5)26(7)17-27(8)23(6)16-29-25-20(3)13-10-14-21(25)4/h9-14,22-23H,15-17H2,1-8H3. The zero-order valence-corrected chi connectivity index (χ0v) is 19.5. The number of likely N-dealkylation sites (N-methyl/N-ethyl adjacent to an activating group) is 2. The fourth-order valence-corrected chi connectivity index (χ4v) is 3.35. The summed E-state index contributed by atoms with van der Waals surface area (Å²) >= 11 is 0. The van der Waals surface area contributed by atoms with Gasteiger partial charge in [-0.25, -0.2) is 0 Å². The maximum absolute atomic E-state index is 6.14. The highest BCUT2D eigenvalue weighted by Crippen LogP contribution is 2.23. The van der Waals surface area contributed by atoms with Crippen LogP contribution in [0.25, 0.3) is 0 Å². The van der Waals surface area contributed by atoms with Gasteiger partial charge in [0, 0.05) is 12.1 Å². The lowest BCUT2D eigenvalue weighted by Gasteiger charge is -2.33. The molecule has 0 saturated carbocycles. The van der Waals surface area contributed by atoms with Crippen LogP contribution in [-0.4, -0.2) is 55.9 Å². The van der Waals surface area contributed by atoms with Gasteiger partial charge in [0.15, 0.2) is 0 Å². The Morgan fingerprint density at radius 1 is 0.655 bits per heavy atom. The molecule has 4 nitrogen and oxygen atoms in total. The third kappa shape index (κ3) is 6.48. The van der Waals surface area contributed by atoms with Crippen molar-refractivity contribution in [3.8, 4) is 11.5 Å². The quantitative estimate of drug-likeness (QED) is 0.527. The van der Waals surface area contributed by atoms with Crippen molar-refractivity contribution in [3.63, 3.8) is 0 Å². The van der Waals surface area contributed by atoms with Crippen LogP contribution in [0.1, 0.15) is 36.1 Å². The van der Waals surface area contributed by atoms with E-state index in [1.807, 2.05) is 0 Å². The fraction of sp³-hybridized carbons (Fsp3) is 0.520. The van der Waals surface area contributed by atoms with E-state index in [0.29, 0.717) is 25.3 Å². The summed E-state index contributed by atoms with van der Waals surface area (Å²) in [6.45, 7) is 15.0. The monoisotopic (exact) mass is 398 g/mol. The molecule has 0 aromatic heterocycles. The Hall–Kier alpha value is -2.04. The maximum Gasteiger partial charge on any atom is 0.125 e. The lowest BCUT2D eigenvalue weighted by Crippen LogP contribution is -2.45. The molecule has 0 saturated heterocycles. The topological polar surface area (TPSA) is 24.9 Å². The van der Waals surface area contributed by atoms with E-state index < -0.39 is 0 Å². The molecule has 160 valence electrons. The zero-order valence-electron chi connectivity index (χ0n) is 19.5. The van der Waals surface area contributed by atoms with Crippen LogP contribution in [0.5, 0.6) is 11.5 Å². The molecule has 0 N–H and O–H groups in total. The lowest BCUT2D eigenvalue weighted by atomic mass is 10.1. The van der Waals surface area contributed by atoms with Gasteiger partial charge in [-0.2, -0.15) is 0 Å². The van der Waals surface area contributed by atoms with Crippen molar-refractivity contribution >= 4 is 0 Å². The van der Waals surface area contributed by atoms with E-state index in [2.05, 4.69) is 102 Å². The molecule has 2 atom stereocenters. The predicted octanol–water partition coefficient (Wildman–Crippen LogP) is 4.98. The van der Waals surface area contributed by atoms with E-state index in [4.69, 9.17) is 9.47 Å². The molecule has 0 aliphatic carbocycles. The van der Waals surface area contributed by atoms with Gasteiger partial charge < -0.3 is 9.47 Å². The molecule has 4 heteroatoms. The average molecular weight is 399 g/mol. The molecule has 0 bridgehead atoms. The molecule has 0 spiro atoms. The Morgan fingerprint density at radius 3 is 1.28 bits per heavy atom. The van der Waals surface area contributed by atoms with E-state index in [1.54, 1.807) is 0 Å². The van der Waals surface area contributed by atoms with Gasteiger partial charge >= 0.3 is 0 Å². The minimum Gasteiger partial charge on any atom is -0.491 e. The Balaban J connectivity index is 1.83. The number of ether oxygens (including phenoxy) is 2. The fourth-order valence-electron chi connectivity index (χ4n) is 3.35. The second kappa shape index (κ2) is 10.7. The highest BCUT2D eigenvalue weighted by Gasteiger charge is 2.17. The smallest absolute Gasteiger partial charge is 0.125 e. The predicted molar refractivity (Wildman–Crippen MR) is 122 cm³/mol. The Kier molecular flexibility index (Phi) is 8.54. The number of aryl methyl sites for hydroxylation is 4. The van der Waals surface area contributed by atoms with Crippen molar-refractivity contribution in [3.05, 3.63) is 58.7 Å². The summed E-state index contributed by atoms with van der Waals surface area (Å²) in [4.78, 5) is 4.65. The number of hydrogen-bond acceptors (Lipinski definition) is 4. The molecule has 0 radical (unpaired) electrons. The molecule has 29 heavy (non-hydrogen) atoms. The first-order chi connectivity index (χ1) is 13.7. The zero-order chi connectivity index (χ0) is 21.6. The summed E-state index contributed by atoms with van der Waals surface area (Å²) in [5, 5.41) is 0.